The molecule has 5 amide bonds. The van der Waals surface area contributed by atoms with Gasteiger partial charge in [-0.05, 0) is 13.8 Å². The maximum Gasteiger partial charge on any atom is 0.322 e. The number of carbonyl (C=O) groups excluding carboxylic acids is 5. The molecule has 36 heavy (non-hydrogen) atoms. The highest BCUT2D eigenvalue weighted by molar-refractivity contribution is 7.89. The van der Waals surface area contributed by atoms with E-state index in [9.17, 15) is 37.2 Å². The summed E-state index contributed by atoms with van der Waals surface area (Å²) in [5.41, 5.74) is 0. The van der Waals surface area contributed by atoms with E-state index in [2.05, 4.69) is 10.6 Å². The minimum atomic E-state index is -3.91. The highest BCUT2D eigenvalue weighted by Gasteiger charge is 2.28. The van der Waals surface area contributed by atoms with Crippen LogP contribution in [0.15, 0.2) is 12.2 Å². The first-order chi connectivity index (χ1) is 16.8. The minimum Gasteiger partial charge on any atom is -0.480 e. The van der Waals surface area contributed by atoms with Crippen LogP contribution in [0.2, 0.25) is 0 Å². The normalized spacial score (nSPS) is 13.4. The molecule has 0 fully saturated rings. The van der Waals surface area contributed by atoms with E-state index in [1.54, 1.807) is 13.8 Å². The molecule has 0 atom stereocenters. The molecule has 1 heterocycles. The van der Waals surface area contributed by atoms with Gasteiger partial charge in [0.1, 0.15) is 6.54 Å². The van der Waals surface area contributed by atoms with Crippen molar-refractivity contribution in [2.24, 2.45) is 0 Å². The van der Waals surface area contributed by atoms with Crippen molar-refractivity contribution in [3.8, 4) is 0 Å². The molecule has 1 aliphatic heterocycles. The number of aliphatic carboxylic acids is 1. The first-order valence-corrected chi connectivity index (χ1v) is 12.6. The van der Waals surface area contributed by atoms with Gasteiger partial charge in [-0.15, -0.1) is 0 Å². The third-order valence-corrected chi connectivity index (χ3v) is 6.41. The van der Waals surface area contributed by atoms with E-state index in [4.69, 9.17) is 9.84 Å². The molecule has 0 unspecified atom stereocenters. The number of rotatable bonds is 17. The van der Waals surface area contributed by atoms with Crippen molar-refractivity contribution in [1.29, 1.82) is 0 Å². The number of hydrogen-bond acceptors (Lipinski definition) is 9. The van der Waals surface area contributed by atoms with Crippen molar-refractivity contribution in [2.75, 3.05) is 51.6 Å². The maximum absolute atomic E-state index is 12.8. The number of imide groups is 1. The summed E-state index contributed by atoms with van der Waals surface area (Å²) in [4.78, 5) is 70.0. The van der Waals surface area contributed by atoms with Gasteiger partial charge in [0.15, 0.2) is 0 Å². The summed E-state index contributed by atoms with van der Waals surface area (Å²) >= 11 is 0. The number of ether oxygens (including phenoxy) is 1. The Balaban J connectivity index is 2.58. The average Bonchev–Trinajstić information content (AvgIpc) is 3.11. The molecule has 1 aliphatic rings. The fourth-order valence-corrected chi connectivity index (χ4v) is 4.04. The molecule has 202 valence electrons. The van der Waals surface area contributed by atoms with Crippen LogP contribution >= 0.6 is 0 Å². The summed E-state index contributed by atoms with van der Waals surface area (Å²) in [6, 6.07) is 0. The van der Waals surface area contributed by atoms with Crippen molar-refractivity contribution in [3.63, 3.8) is 0 Å². The van der Waals surface area contributed by atoms with Crippen LogP contribution in [0.4, 0.5) is 0 Å². The summed E-state index contributed by atoms with van der Waals surface area (Å²) < 4.78 is 31.8. The molecule has 4 N–H and O–H groups in total. The zero-order valence-corrected chi connectivity index (χ0v) is 20.8. The number of carbonyl (C=O) groups is 6. The van der Waals surface area contributed by atoms with Crippen LogP contribution in [0.3, 0.4) is 0 Å². The maximum atomic E-state index is 12.8. The van der Waals surface area contributed by atoms with Crippen molar-refractivity contribution >= 4 is 45.5 Å². The molecule has 0 aliphatic carbocycles. The second kappa shape index (κ2) is 14.9. The summed E-state index contributed by atoms with van der Waals surface area (Å²) in [7, 11) is -3.91. The van der Waals surface area contributed by atoms with Crippen molar-refractivity contribution < 1.29 is 47.0 Å². The van der Waals surface area contributed by atoms with Gasteiger partial charge < -0.3 is 25.8 Å². The van der Waals surface area contributed by atoms with Gasteiger partial charge in [0.05, 0.1) is 31.6 Å². The molecule has 0 radical (unpaired) electrons. The van der Waals surface area contributed by atoms with Crippen LogP contribution in [0, 0.1) is 0 Å². The molecule has 0 aromatic carbocycles. The Labute approximate surface area is 208 Å². The second-order valence-corrected chi connectivity index (χ2v) is 9.86. The quantitative estimate of drug-likeness (QED) is 0.138. The van der Waals surface area contributed by atoms with Gasteiger partial charge in [-0.3, -0.25) is 33.7 Å². The molecule has 0 aromatic heterocycles. The Bertz CT molecular complexity index is 961. The lowest BCUT2D eigenvalue weighted by Gasteiger charge is -2.24. The largest absolute Gasteiger partial charge is 0.480 e. The lowest BCUT2D eigenvalue weighted by atomic mass is 10.3. The fraction of sp³-hybridized carbons (Fsp3) is 0.600. The summed E-state index contributed by atoms with van der Waals surface area (Å²) in [5, 5.41) is 15.0. The van der Waals surface area contributed by atoms with Gasteiger partial charge >= 0.3 is 5.97 Å². The number of sulfonamides is 1. The number of nitrogens with zero attached hydrogens (tertiary/aromatic N) is 2. The molecule has 0 bridgehead atoms. The third kappa shape index (κ3) is 11.9. The summed E-state index contributed by atoms with van der Waals surface area (Å²) in [6.07, 6.45) is 1.63. The second-order valence-electron chi connectivity index (χ2n) is 7.77. The van der Waals surface area contributed by atoms with E-state index in [1.165, 1.54) is 0 Å². The van der Waals surface area contributed by atoms with E-state index in [-0.39, 0.29) is 44.5 Å². The van der Waals surface area contributed by atoms with Crippen LogP contribution < -0.4 is 16.0 Å². The molecule has 1 rings (SSSR count). The van der Waals surface area contributed by atoms with E-state index in [1.807, 2.05) is 5.32 Å². The molecular formula is C20H31N5O10S. The average molecular weight is 534 g/mol. The molecule has 15 nitrogen and oxygen atoms in total. The Hall–Kier alpha value is -3.37. The summed E-state index contributed by atoms with van der Waals surface area (Å²) in [6.45, 7) is 1.08. The lowest BCUT2D eigenvalue weighted by molar-refractivity contribution is -0.138. The fourth-order valence-electron chi connectivity index (χ4n) is 2.74. The van der Waals surface area contributed by atoms with Crippen LogP contribution in [0.5, 0.6) is 0 Å². The number of hydrogen-bond donors (Lipinski definition) is 4. The van der Waals surface area contributed by atoms with E-state index < -0.39 is 65.2 Å². The standard InChI is InChI=1S/C20H31N5O10S/c1-14(2)35-9-10-36(33,34)24(7-8-25-18(29)3-4-19(25)30)6-5-15(26)21-11-16(27)22-12-17(28)23-13-20(31)32/h3-4,14H,5-13H2,1-2H3,(H,21,26)(H,22,27)(H,23,28)(H,31,32). The zero-order chi connectivity index (χ0) is 27.3. The Morgan fingerprint density at radius 1 is 0.944 bits per heavy atom. The van der Waals surface area contributed by atoms with E-state index in [0.29, 0.717) is 0 Å². The highest BCUT2D eigenvalue weighted by Crippen LogP contribution is 2.08. The smallest absolute Gasteiger partial charge is 0.322 e. The molecule has 0 aromatic rings. The predicted molar refractivity (Wildman–Crippen MR) is 124 cm³/mol. The number of carboxylic acids is 1. The van der Waals surface area contributed by atoms with Gasteiger partial charge in [-0.2, -0.15) is 4.31 Å². The summed E-state index contributed by atoms with van der Waals surface area (Å²) in [5.74, 6) is -4.87. The Morgan fingerprint density at radius 3 is 2.00 bits per heavy atom. The van der Waals surface area contributed by atoms with Crippen molar-refractivity contribution in [2.45, 2.75) is 26.4 Å². The number of nitrogens with one attached hydrogen (secondary N) is 3. The number of carboxylic acid groups (broad SMARTS) is 1. The molecular weight excluding hydrogens is 502 g/mol. The van der Waals surface area contributed by atoms with Gasteiger partial charge in [0.25, 0.3) is 11.8 Å². The van der Waals surface area contributed by atoms with Crippen molar-refractivity contribution in [1.82, 2.24) is 25.2 Å². The zero-order valence-electron chi connectivity index (χ0n) is 20.0. The van der Waals surface area contributed by atoms with Crippen LogP contribution in [0.1, 0.15) is 20.3 Å². The van der Waals surface area contributed by atoms with Gasteiger partial charge in [-0.25, -0.2) is 8.42 Å². The molecule has 0 spiro atoms. The van der Waals surface area contributed by atoms with Gasteiger partial charge in [0, 0.05) is 38.2 Å². The van der Waals surface area contributed by atoms with Gasteiger partial charge in [0.2, 0.25) is 27.7 Å². The SMILES string of the molecule is CC(C)OCCS(=O)(=O)N(CCC(=O)NCC(=O)NCC(=O)NCC(=O)O)CCN1C(=O)C=CC1=O. The predicted octanol–water partition coefficient (Wildman–Crippen LogP) is -3.21. The Morgan fingerprint density at radius 2 is 1.47 bits per heavy atom. The topological polar surface area (TPSA) is 209 Å². The minimum absolute atomic E-state index is 0.0912. The first kappa shape index (κ1) is 30.7. The van der Waals surface area contributed by atoms with E-state index in [0.717, 1.165) is 21.4 Å². The molecule has 0 saturated heterocycles. The van der Waals surface area contributed by atoms with Crippen molar-refractivity contribution in [3.05, 3.63) is 12.2 Å². The molecule has 16 heteroatoms. The third-order valence-electron chi connectivity index (χ3n) is 4.58. The molecule has 0 saturated carbocycles. The first-order valence-electron chi connectivity index (χ1n) is 11.0. The van der Waals surface area contributed by atoms with Crippen LogP contribution in [-0.4, -0.2) is 116 Å². The monoisotopic (exact) mass is 533 g/mol. The lowest BCUT2D eigenvalue weighted by Crippen LogP contribution is -2.45. The number of amides is 5. The van der Waals surface area contributed by atoms with Gasteiger partial charge in [-0.1, -0.05) is 0 Å². The Kier molecular flexibility index (Phi) is 12.7. The van der Waals surface area contributed by atoms with E-state index >= 15 is 0 Å². The van der Waals surface area contributed by atoms with Crippen LogP contribution in [0.25, 0.3) is 0 Å². The van der Waals surface area contributed by atoms with Crippen LogP contribution in [-0.2, 0) is 43.5 Å². The highest BCUT2D eigenvalue weighted by atomic mass is 32.2.